The Morgan fingerprint density at radius 1 is 1.19 bits per heavy atom. The second-order valence-electron chi connectivity index (χ2n) is 7.56. The van der Waals surface area contributed by atoms with Crippen LogP contribution in [0.1, 0.15) is 24.1 Å². The number of anilines is 1. The number of nitrogens with zero attached hydrogens (tertiary/aromatic N) is 3. The number of pyridine rings is 1. The number of aromatic nitrogens is 1. The van der Waals surface area contributed by atoms with Crippen LogP contribution in [0.4, 0.5) is 10.1 Å². The second-order valence-corrected chi connectivity index (χ2v) is 7.56. The van der Waals surface area contributed by atoms with Gasteiger partial charge in [-0.3, -0.25) is 9.78 Å². The zero-order valence-corrected chi connectivity index (χ0v) is 15.1. The Kier molecular flexibility index (Phi) is 4.39. The molecule has 2 aliphatic rings. The van der Waals surface area contributed by atoms with Crippen molar-refractivity contribution in [2.24, 2.45) is 5.41 Å². The zero-order valence-electron chi connectivity index (χ0n) is 15.1. The highest BCUT2D eigenvalue weighted by molar-refractivity contribution is 5.87. The number of hydrogen-bond acceptors (Lipinski definition) is 3. The predicted molar refractivity (Wildman–Crippen MR) is 99.5 cm³/mol. The first-order valence-corrected chi connectivity index (χ1v) is 9.28. The van der Waals surface area contributed by atoms with Crippen molar-refractivity contribution in [1.29, 1.82) is 0 Å². The molecule has 2 saturated heterocycles. The summed E-state index contributed by atoms with van der Waals surface area (Å²) in [4.78, 5) is 21.7. The quantitative estimate of drug-likeness (QED) is 0.847. The summed E-state index contributed by atoms with van der Waals surface area (Å²) in [6.07, 6.45) is 4.38. The van der Waals surface area contributed by atoms with Gasteiger partial charge in [0.05, 0.1) is 5.41 Å². The average Bonchev–Trinajstić information content (AvgIpc) is 3.13. The third-order valence-electron chi connectivity index (χ3n) is 5.57. The fourth-order valence-electron chi connectivity index (χ4n) is 4.18. The van der Waals surface area contributed by atoms with Crippen molar-refractivity contribution >= 4 is 11.6 Å². The van der Waals surface area contributed by atoms with Gasteiger partial charge in [0.1, 0.15) is 5.82 Å². The minimum atomic E-state index is -0.538. The Hall–Kier alpha value is -2.43. The minimum Gasteiger partial charge on any atom is -0.369 e. The first-order valence-electron chi connectivity index (χ1n) is 9.28. The van der Waals surface area contributed by atoms with E-state index in [4.69, 9.17) is 0 Å². The molecule has 2 fully saturated rings. The van der Waals surface area contributed by atoms with Crippen LogP contribution in [0.25, 0.3) is 0 Å². The number of aryl methyl sites for hydroxylation is 1. The summed E-state index contributed by atoms with van der Waals surface area (Å²) in [5, 5.41) is 0. The largest absolute Gasteiger partial charge is 0.369 e. The maximum Gasteiger partial charge on any atom is 0.232 e. The molecule has 26 heavy (non-hydrogen) atoms. The van der Waals surface area contributed by atoms with E-state index in [0.29, 0.717) is 25.1 Å². The highest BCUT2D eigenvalue weighted by atomic mass is 19.1. The Balaban J connectivity index is 1.59. The number of carbonyl (C=O) groups is 1. The van der Waals surface area contributed by atoms with Crippen LogP contribution in [0.15, 0.2) is 42.6 Å². The van der Waals surface area contributed by atoms with E-state index in [1.165, 1.54) is 6.07 Å². The smallest absolute Gasteiger partial charge is 0.232 e. The molecule has 5 heteroatoms. The first-order chi connectivity index (χ1) is 12.6. The molecular formula is C21H24FN3O. The van der Waals surface area contributed by atoms with Crippen molar-refractivity contribution < 1.29 is 9.18 Å². The lowest BCUT2D eigenvalue weighted by molar-refractivity contribution is -0.142. The lowest BCUT2D eigenvalue weighted by Gasteiger charge is -2.51. The molecule has 0 spiro atoms. The van der Waals surface area contributed by atoms with Gasteiger partial charge in [-0.15, -0.1) is 0 Å². The monoisotopic (exact) mass is 353 g/mol. The summed E-state index contributed by atoms with van der Waals surface area (Å²) in [5.74, 6) is -0.0421. The van der Waals surface area contributed by atoms with Gasteiger partial charge in [-0.05, 0) is 49.9 Å². The van der Waals surface area contributed by atoms with Crippen LogP contribution in [0, 0.1) is 18.2 Å². The molecular weight excluding hydrogens is 329 g/mol. The molecule has 4 rings (SSSR count). The van der Waals surface area contributed by atoms with E-state index in [2.05, 4.69) is 9.88 Å². The number of rotatable bonds is 4. The molecule has 2 aliphatic heterocycles. The normalized spacial score (nSPS) is 18.7. The molecule has 1 amide bonds. The summed E-state index contributed by atoms with van der Waals surface area (Å²) in [7, 11) is 0. The molecule has 136 valence electrons. The van der Waals surface area contributed by atoms with Crippen LogP contribution in [0.5, 0.6) is 0 Å². The van der Waals surface area contributed by atoms with Gasteiger partial charge < -0.3 is 9.80 Å². The van der Waals surface area contributed by atoms with Gasteiger partial charge in [-0.1, -0.05) is 18.2 Å². The average molecular weight is 353 g/mol. The van der Waals surface area contributed by atoms with E-state index in [1.807, 2.05) is 30.0 Å². The number of hydrogen-bond donors (Lipinski definition) is 0. The molecule has 1 aromatic carbocycles. The van der Waals surface area contributed by atoms with Crippen LogP contribution in [0.3, 0.4) is 0 Å². The van der Waals surface area contributed by atoms with Crippen molar-refractivity contribution in [3.8, 4) is 0 Å². The summed E-state index contributed by atoms with van der Waals surface area (Å²) < 4.78 is 14.2. The zero-order chi connectivity index (χ0) is 18.1. The Bertz CT molecular complexity index is 810. The van der Waals surface area contributed by atoms with E-state index in [9.17, 15) is 9.18 Å². The fraction of sp³-hybridized carbons (Fsp3) is 0.429. The van der Waals surface area contributed by atoms with Crippen LogP contribution in [-0.4, -0.2) is 42.0 Å². The molecule has 3 heterocycles. The lowest BCUT2D eigenvalue weighted by Crippen LogP contribution is -2.65. The molecule has 1 aromatic heterocycles. The lowest BCUT2D eigenvalue weighted by atomic mass is 9.73. The highest BCUT2D eigenvalue weighted by Crippen LogP contribution is 2.40. The standard InChI is InChI=1S/C21H24FN3O/c1-16-12-18(8-9-23-16)25-14-21(15-25,20(26)24-10-4-5-11-24)13-17-6-2-3-7-19(17)22/h2-3,6-9,12H,4-5,10-11,13-15H2,1H3. The predicted octanol–water partition coefficient (Wildman–Crippen LogP) is 3.20. The number of likely N-dealkylation sites (tertiary alicyclic amines) is 1. The molecule has 0 radical (unpaired) electrons. The summed E-state index contributed by atoms with van der Waals surface area (Å²) >= 11 is 0. The van der Waals surface area contributed by atoms with Crippen LogP contribution < -0.4 is 4.90 Å². The maximum atomic E-state index is 14.2. The SMILES string of the molecule is Cc1cc(N2CC(Cc3ccccc3F)(C(=O)N3CCCC3)C2)ccn1. The van der Waals surface area contributed by atoms with Crippen molar-refractivity contribution in [3.05, 3.63) is 59.7 Å². The van der Waals surface area contributed by atoms with Crippen LogP contribution >= 0.6 is 0 Å². The molecule has 2 aromatic rings. The number of benzene rings is 1. The summed E-state index contributed by atoms with van der Waals surface area (Å²) in [6.45, 7) is 4.87. The van der Waals surface area contributed by atoms with E-state index in [-0.39, 0.29) is 11.7 Å². The molecule has 0 bridgehead atoms. The van der Waals surface area contributed by atoms with E-state index in [1.54, 1.807) is 18.3 Å². The molecule has 0 saturated carbocycles. The Morgan fingerprint density at radius 3 is 2.62 bits per heavy atom. The number of halogens is 1. The minimum absolute atomic E-state index is 0.181. The van der Waals surface area contributed by atoms with E-state index >= 15 is 0 Å². The summed E-state index contributed by atoms with van der Waals surface area (Å²) in [6, 6.07) is 10.8. The van der Waals surface area contributed by atoms with Crippen LogP contribution in [0.2, 0.25) is 0 Å². The molecule has 4 nitrogen and oxygen atoms in total. The number of amides is 1. The van der Waals surface area contributed by atoms with E-state index in [0.717, 1.165) is 37.3 Å². The molecule has 0 atom stereocenters. The van der Waals surface area contributed by atoms with Crippen LogP contribution in [-0.2, 0) is 11.2 Å². The second kappa shape index (κ2) is 6.71. The van der Waals surface area contributed by atoms with Crippen molar-refractivity contribution in [3.63, 3.8) is 0 Å². The highest BCUT2D eigenvalue weighted by Gasteiger charge is 2.51. The van der Waals surface area contributed by atoms with Gasteiger partial charge in [0.2, 0.25) is 5.91 Å². The molecule has 0 N–H and O–H groups in total. The van der Waals surface area contributed by atoms with Gasteiger partial charge in [-0.2, -0.15) is 0 Å². The maximum absolute atomic E-state index is 14.2. The summed E-state index contributed by atoms with van der Waals surface area (Å²) in [5.41, 5.74) is 2.13. The molecule has 0 aliphatic carbocycles. The van der Waals surface area contributed by atoms with Gasteiger partial charge in [0.15, 0.2) is 0 Å². The topological polar surface area (TPSA) is 36.4 Å². The fourth-order valence-corrected chi connectivity index (χ4v) is 4.18. The van der Waals surface area contributed by atoms with Crippen molar-refractivity contribution in [2.75, 3.05) is 31.1 Å². The number of carbonyl (C=O) groups excluding carboxylic acids is 1. The van der Waals surface area contributed by atoms with Gasteiger partial charge in [0.25, 0.3) is 0 Å². The first kappa shape index (κ1) is 17.0. The van der Waals surface area contributed by atoms with Crippen molar-refractivity contribution in [1.82, 2.24) is 9.88 Å². The third-order valence-corrected chi connectivity index (χ3v) is 5.57. The van der Waals surface area contributed by atoms with E-state index < -0.39 is 5.41 Å². The Morgan fingerprint density at radius 2 is 1.92 bits per heavy atom. The van der Waals surface area contributed by atoms with Crippen molar-refractivity contribution in [2.45, 2.75) is 26.2 Å². The Labute approximate surface area is 153 Å². The van der Waals surface area contributed by atoms with Gasteiger partial charge >= 0.3 is 0 Å². The molecule has 0 unspecified atom stereocenters. The van der Waals surface area contributed by atoms with Gasteiger partial charge in [-0.25, -0.2) is 4.39 Å². The van der Waals surface area contributed by atoms with Gasteiger partial charge in [0, 0.05) is 43.8 Å². The third kappa shape index (κ3) is 3.06.